The maximum absolute atomic E-state index is 12.4. The number of hydrogen-bond donors (Lipinski definition) is 1. The summed E-state index contributed by atoms with van der Waals surface area (Å²) in [7, 11) is 0. The van der Waals surface area contributed by atoms with Gasteiger partial charge in [0, 0.05) is 28.9 Å². The minimum Gasteiger partial charge on any atom is -0.488 e. The number of nitrogens with one attached hydrogen (secondary N) is 1. The van der Waals surface area contributed by atoms with Crippen molar-refractivity contribution in [2.24, 2.45) is 5.10 Å². The minimum atomic E-state index is -0.338. The Morgan fingerprint density at radius 2 is 1.82 bits per heavy atom. The van der Waals surface area contributed by atoms with Crippen LogP contribution in [0.4, 0.5) is 0 Å². The number of amides is 2. The van der Waals surface area contributed by atoms with Crippen LogP contribution in [0.2, 0.25) is 0 Å². The summed E-state index contributed by atoms with van der Waals surface area (Å²) in [6, 6.07) is 25.4. The Bertz CT molecular complexity index is 1140. The predicted octanol–water partition coefficient (Wildman–Crippen LogP) is 4.49. The van der Waals surface area contributed by atoms with Crippen LogP contribution < -0.4 is 10.2 Å². The molecule has 168 valence electrons. The molecule has 1 fully saturated rings. The molecule has 4 rings (SSSR count). The first-order chi connectivity index (χ1) is 16.1. The molecule has 3 aromatic carbocycles. The van der Waals surface area contributed by atoms with Gasteiger partial charge in [0.2, 0.25) is 5.91 Å². The van der Waals surface area contributed by atoms with Crippen LogP contribution in [0.1, 0.15) is 29.0 Å². The van der Waals surface area contributed by atoms with Crippen molar-refractivity contribution in [2.45, 2.75) is 18.9 Å². The number of rotatable bonds is 8. The molecule has 1 aliphatic heterocycles. The average molecular weight is 506 g/mol. The molecule has 33 heavy (non-hydrogen) atoms. The summed E-state index contributed by atoms with van der Waals surface area (Å²) in [5.74, 6) is 0.406. The highest BCUT2D eigenvalue weighted by molar-refractivity contribution is 9.10. The van der Waals surface area contributed by atoms with Gasteiger partial charge in [-0.3, -0.25) is 9.59 Å². The van der Waals surface area contributed by atoms with Gasteiger partial charge in [0.1, 0.15) is 18.9 Å². The molecule has 7 heteroatoms. The van der Waals surface area contributed by atoms with Gasteiger partial charge in [-0.1, -0.05) is 76.6 Å². The van der Waals surface area contributed by atoms with Crippen LogP contribution in [0.3, 0.4) is 0 Å². The Balaban J connectivity index is 1.33. The first kappa shape index (κ1) is 22.7. The van der Waals surface area contributed by atoms with Gasteiger partial charge in [0.05, 0.1) is 6.21 Å². The van der Waals surface area contributed by atoms with Crippen LogP contribution in [-0.4, -0.2) is 36.0 Å². The molecule has 0 radical (unpaired) electrons. The predicted molar refractivity (Wildman–Crippen MR) is 131 cm³/mol. The molecule has 1 saturated heterocycles. The number of halogens is 1. The summed E-state index contributed by atoms with van der Waals surface area (Å²) in [5.41, 5.74) is 5.41. The van der Waals surface area contributed by atoms with Crippen molar-refractivity contribution in [1.82, 2.24) is 10.3 Å². The zero-order valence-electron chi connectivity index (χ0n) is 18.0. The van der Waals surface area contributed by atoms with E-state index >= 15 is 0 Å². The topological polar surface area (TPSA) is 71.0 Å². The van der Waals surface area contributed by atoms with Gasteiger partial charge in [-0.2, -0.15) is 5.10 Å². The highest BCUT2D eigenvalue weighted by Gasteiger charge is 2.31. The Kier molecular flexibility index (Phi) is 7.52. The van der Waals surface area contributed by atoms with Crippen molar-refractivity contribution < 1.29 is 14.3 Å². The van der Waals surface area contributed by atoms with Crippen LogP contribution in [0, 0.1) is 0 Å². The van der Waals surface area contributed by atoms with E-state index in [0.717, 1.165) is 21.2 Å². The van der Waals surface area contributed by atoms with E-state index in [4.69, 9.17) is 4.74 Å². The Morgan fingerprint density at radius 3 is 2.58 bits per heavy atom. The van der Waals surface area contributed by atoms with Gasteiger partial charge in [-0.05, 0) is 29.3 Å². The lowest BCUT2D eigenvalue weighted by atomic mass is 9.99. The van der Waals surface area contributed by atoms with E-state index < -0.39 is 0 Å². The fraction of sp³-hybridized carbons (Fsp3) is 0.192. The Labute approximate surface area is 201 Å². The molecule has 0 aromatic heterocycles. The molecule has 3 aromatic rings. The molecule has 2 amide bonds. The van der Waals surface area contributed by atoms with Crippen molar-refractivity contribution in [3.05, 3.63) is 100 Å². The molecule has 1 unspecified atom stereocenters. The summed E-state index contributed by atoms with van der Waals surface area (Å²) in [6.07, 6.45) is 1.96. The van der Waals surface area contributed by atoms with Crippen molar-refractivity contribution in [3.8, 4) is 5.75 Å². The molecule has 1 heterocycles. The van der Waals surface area contributed by atoms with Gasteiger partial charge < -0.3 is 9.64 Å². The highest BCUT2D eigenvalue weighted by Crippen LogP contribution is 2.27. The largest absolute Gasteiger partial charge is 0.488 e. The zero-order valence-corrected chi connectivity index (χ0v) is 19.6. The first-order valence-electron chi connectivity index (χ1n) is 10.7. The molecule has 0 saturated carbocycles. The summed E-state index contributed by atoms with van der Waals surface area (Å²) < 4.78 is 6.81. The van der Waals surface area contributed by atoms with Gasteiger partial charge in [0.15, 0.2) is 0 Å². The lowest BCUT2D eigenvalue weighted by Crippen LogP contribution is -2.36. The second kappa shape index (κ2) is 10.9. The summed E-state index contributed by atoms with van der Waals surface area (Å²) in [5, 5.41) is 4.08. The smallest absolute Gasteiger partial charge is 0.259 e. The number of hydrogen-bond acceptors (Lipinski definition) is 4. The third-order valence-electron chi connectivity index (χ3n) is 5.42. The van der Waals surface area contributed by atoms with Crippen LogP contribution in [0.5, 0.6) is 5.75 Å². The van der Waals surface area contributed by atoms with E-state index in [2.05, 4.69) is 26.5 Å². The van der Waals surface area contributed by atoms with Gasteiger partial charge in [-0.25, -0.2) is 5.43 Å². The fourth-order valence-electron chi connectivity index (χ4n) is 3.74. The zero-order chi connectivity index (χ0) is 23.0. The molecule has 0 bridgehead atoms. The van der Waals surface area contributed by atoms with E-state index in [1.807, 2.05) is 78.9 Å². The number of likely N-dealkylation sites (tertiary alicyclic amines) is 1. The molecular weight excluding hydrogens is 482 g/mol. The van der Waals surface area contributed by atoms with Crippen LogP contribution in [-0.2, 0) is 16.2 Å². The van der Waals surface area contributed by atoms with E-state index in [-0.39, 0.29) is 24.3 Å². The average Bonchev–Trinajstić information content (AvgIpc) is 3.20. The monoisotopic (exact) mass is 505 g/mol. The number of ether oxygens (including phenoxy) is 1. The molecule has 1 atom stereocenters. The summed E-state index contributed by atoms with van der Waals surface area (Å²) >= 11 is 3.45. The molecule has 1 aliphatic rings. The normalized spacial score (nSPS) is 15.7. The quantitative estimate of drug-likeness (QED) is 0.362. The third kappa shape index (κ3) is 6.29. The maximum atomic E-state index is 12.4. The van der Waals surface area contributed by atoms with Crippen molar-refractivity contribution in [1.29, 1.82) is 0 Å². The first-order valence-corrected chi connectivity index (χ1v) is 11.5. The third-order valence-corrected chi connectivity index (χ3v) is 5.92. The minimum absolute atomic E-state index is 0.0185. The van der Waals surface area contributed by atoms with E-state index in [1.54, 1.807) is 11.1 Å². The van der Waals surface area contributed by atoms with Crippen molar-refractivity contribution in [2.75, 3.05) is 13.1 Å². The summed E-state index contributed by atoms with van der Waals surface area (Å²) in [6.45, 7) is 0.938. The van der Waals surface area contributed by atoms with Crippen LogP contribution in [0.15, 0.2) is 88.4 Å². The number of carbonyl (C=O) groups excluding carboxylic acids is 2. The van der Waals surface area contributed by atoms with Crippen molar-refractivity contribution >= 4 is 34.0 Å². The second-order valence-electron chi connectivity index (χ2n) is 7.84. The number of hydrazone groups is 1. The number of nitrogens with zero attached hydrogens (tertiary/aromatic N) is 2. The molecule has 0 spiro atoms. The van der Waals surface area contributed by atoms with Crippen molar-refractivity contribution in [3.63, 3.8) is 0 Å². The molecule has 0 aliphatic carbocycles. The molecule has 1 N–H and O–H groups in total. The highest BCUT2D eigenvalue weighted by atomic mass is 79.9. The van der Waals surface area contributed by atoms with Gasteiger partial charge in [-0.15, -0.1) is 0 Å². The lowest BCUT2D eigenvalue weighted by Gasteiger charge is -2.15. The second-order valence-corrected chi connectivity index (χ2v) is 8.75. The van der Waals surface area contributed by atoms with E-state index in [0.29, 0.717) is 25.3 Å². The number of carbonyl (C=O) groups is 2. The van der Waals surface area contributed by atoms with Crippen LogP contribution >= 0.6 is 15.9 Å². The standard InChI is InChI=1S/C26H24BrN3O3/c27-23-11-12-24(33-18-19-7-3-1-4-8-19)21(13-23)15-28-29-25(31)17-30-16-22(14-26(30)32)20-9-5-2-6-10-20/h1-13,15,22H,14,16-18H2,(H,29,31)/b28-15+. The van der Waals surface area contributed by atoms with E-state index in [9.17, 15) is 9.59 Å². The SMILES string of the molecule is O=C(CN1CC(c2ccccc2)CC1=O)N/N=C/c1cc(Br)ccc1OCc1ccccc1. The molecular formula is C26H24BrN3O3. The maximum Gasteiger partial charge on any atom is 0.259 e. The number of benzene rings is 3. The van der Waals surface area contributed by atoms with E-state index in [1.165, 1.54) is 0 Å². The Morgan fingerprint density at radius 1 is 1.09 bits per heavy atom. The van der Waals surface area contributed by atoms with Gasteiger partial charge in [0.25, 0.3) is 5.91 Å². The lowest BCUT2D eigenvalue weighted by molar-refractivity contribution is -0.133. The summed E-state index contributed by atoms with van der Waals surface area (Å²) in [4.78, 5) is 26.3. The fourth-order valence-corrected chi connectivity index (χ4v) is 4.12. The molecule has 6 nitrogen and oxygen atoms in total. The van der Waals surface area contributed by atoms with Gasteiger partial charge >= 0.3 is 0 Å². The van der Waals surface area contributed by atoms with Crippen LogP contribution in [0.25, 0.3) is 0 Å². The Hall–Kier alpha value is -3.45.